The molecule has 152 valence electrons. The van der Waals surface area contributed by atoms with Crippen LogP contribution >= 0.6 is 11.6 Å². The number of pyridine rings is 2. The van der Waals surface area contributed by atoms with E-state index in [1.54, 1.807) is 17.0 Å². The van der Waals surface area contributed by atoms with E-state index in [0.29, 0.717) is 29.9 Å². The molecule has 1 aliphatic heterocycles. The monoisotopic (exact) mass is 418 g/mol. The zero-order valence-electron chi connectivity index (χ0n) is 16.0. The molecule has 1 fully saturated rings. The van der Waals surface area contributed by atoms with Crippen LogP contribution in [-0.2, 0) is 9.53 Å². The highest BCUT2D eigenvalue weighted by Crippen LogP contribution is 2.30. The SMILES string of the molecule is C=CC(=O)N1C[C@H](C)O[C@@H](c2cc(Cl)nc(-c3cc(F)nc(C(=O)NC)c3)c2)C1. The van der Waals surface area contributed by atoms with Crippen molar-refractivity contribution in [1.29, 1.82) is 0 Å². The topological polar surface area (TPSA) is 84.4 Å². The van der Waals surface area contributed by atoms with Crippen LogP contribution in [-0.4, -0.2) is 52.9 Å². The Labute approximate surface area is 172 Å². The van der Waals surface area contributed by atoms with Crippen molar-refractivity contribution in [2.24, 2.45) is 0 Å². The third-order valence-corrected chi connectivity index (χ3v) is 4.68. The van der Waals surface area contributed by atoms with Gasteiger partial charge in [-0.3, -0.25) is 9.59 Å². The largest absolute Gasteiger partial charge is 0.367 e. The van der Waals surface area contributed by atoms with Gasteiger partial charge in [-0.25, -0.2) is 9.97 Å². The lowest BCUT2D eigenvalue weighted by Gasteiger charge is -2.36. The van der Waals surface area contributed by atoms with Crippen LogP contribution in [0.4, 0.5) is 4.39 Å². The summed E-state index contributed by atoms with van der Waals surface area (Å²) in [6.07, 6.45) is 0.637. The molecule has 0 aliphatic carbocycles. The molecule has 2 atom stereocenters. The normalized spacial score (nSPS) is 19.0. The van der Waals surface area contributed by atoms with Crippen LogP contribution in [0.3, 0.4) is 0 Å². The van der Waals surface area contributed by atoms with Gasteiger partial charge in [0, 0.05) is 25.2 Å². The molecule has 3 rings (SSSR count). The Morgan fingerprint density at radius 3 is 2.76 bits per heavy atom. The summed E-state index contributed by atoms with van der Waals surface area (Å²) < 4.78 is 19.9. The summed E-state index contributed by atoms with van der Waals surface area (Å²) in [4.78, 5) is 33.4. The number of morpholine rings is 1. The van der Waals surface area contributed by atoms with Gasteiger partial charge in [0.05, 0.1) is 18.3 Å². The summed E-state index contributed by atoms with van der Waals surface area (Å²) in [6, 6.07) is 5.95. The Kier molecular flexibility index (Phi) is 6.24. The van der Waals surface area contributed by atoms with E-state index in [-0.39, 0.29) is 22.9 Å². The Morgan fingerprint density at radius 2 is 2.07 bits per heavy atom. The van der Waals surface area contributed by atoms with Crippen LogP contribution in [0.25, 0.3) is 11.3 Å². The lowest BCUT2D eigenvalue weighted by molar-refractivity contribution is -0.139. The Balaban J connectivity index is 1.99. The van der Waals surface area contributed by atoms with Gasteiger partial charge in [0.1, 0.15) is 17.0 Å². The van der Waals surface area contributed by atoms with E-state index in [4.69, 9.17) is 16.3 Å². The predicted molar refractivity (Wildman–Crippen MR) is 106 cm³/mol. The van der Waals surface area contributed by atoms with Crippen molar-refractivity contribution < 1.29 is 18.7 Å². The molecule has 3 heterocycles. The summed E-state index contributed by atoms with van der Waals surface area (Å²) in [5.74, 6) is -1.51. The van der Waals surface area contributed by atoms with Crippen molar-refractivity contribution in [3.63, 3.8) is 0 Å². The maximum absolute atomic E-state index is 14.0. The molecule has 0 spiro atoms. The summed E-state index contributed by atoms with van der Waals surface area (Å²) in [5.41, 5.74) is 1.33. The number of halogens is 2. The molecular formula is C20H20ClFN4O3. The second-order valence-corrected chi connectivity index (χ2v) is 7.02. The Morgan fingerprint density at radius 1 is 1.31 bits per heavy atom. The highest BCUT2D eigenvalue weighted by Gasteiger charge is 2.29. The van der Waals surface area contributed by atoms with Gasteiger partial charge in [0.2, 0.25) is 11.9 Å². The van der Waals surface area contributed by atoms with Crippen molar-refractivity contribution in [3.8, 4) is 11.3 Å². The fourth-order valence-electron chi connectivity index (χ4n) is 3.18. The van der Waals surface area contributed by atoms with Crippen LogP contribution in [0.15, 0.2) is 36.9 Å². The molecule has 0 bridgehead atoms. The maximum Gasteiger partial charge on any atom is 0.269 e. The Hall–Kier alpha value is -2.84. The first-order chi connectivity index (χ1) is 13.8. The third-order valence-electron chi connectivity index (χ3n) is 4.48. The number of rotatable bonds is 4. The minimum Gasteiger partial charge on any atom is -0.367 e. The molecule has 0 unspecified atom stereocenters. The summed E-state index contributed by atoms with van der Waals surface area (Å²) in [7, 11) is 1.43. The van der Waals surface area contributed by atoms with Gasteiger partial charge >= 0.3 is 0 Å². The molecule has 9 heteroatoms. The average Bonchev–Trinajstić information content (AvgIpc) is 2.71. The quantitative estimate of drug-likeness (QED) is 0.609. The van der Waals surface area contributed by atoms with Gasteiger partial charge in [0.15, 0.2) is 0 Å². The number of aromatic nitrogens is 2. The molecule has 1 aliphatic rings. The summed E-state index contributed by atoms with van der Waals surface area (Å²) in [6.45, 7) is 6.17. The molecule has 2 aromatic rings. The van der Waals surface area contributed by atoms with E-state index in [9.17, 15) is 14.0 Å². The van der Waals surface area contributed by atoms with E-state index in [2.05, 4.69) is 21.9 Å². The minimum atomic E-state index is -0.810. The van der Waals surface area contributed by atoms with Gasteiger partial charge < -0.3 is 15.0 Å². The molecular weight excluding hydrogens is 399 g/mol. The molecule has 1 saturated heterocycles. The number of nitrogens with one attached hydrogen (secondary N) is 1. The number of carbonyl (C=O) groups excluding carboxylic acids is 2. The van der Waals surface area contributed by atoms with Crippen molar-refractivity contribution in [1.82, 2.24) is 20.2 Å². The maximum atomic E-state index is 14.0. The van der Waals surface area contributed by atoms with E-state index < -0.39 is 18.0 Å². The predicted octanol–water partition coefficient (Wildman–Crippen LogP) is 2.77. The minimum absolute atomic E-state index is 0.0730. The van der Waals surface area contributed by atoms with Crippen LogP contribution < -0.4 is 5.32 Å². The summed E-state index contributed by atoms with van der Waals surface area (Å²) in [5, 5.41) is 2.59. The second-order valence-electron chi connectivity index (χ2n) is 6.63. The molecule has 2 aromatic heterocycles. The lowest BCUT2D eigenvalue weighted by atomic mass is 10.0. The number of nitrogens with zero attached hydrogens (tertiary/aromatic N) is 3. The van der Waals surface area contributed by atoms with Gasteiger partial charge in [-0.2, -0.15) is 4.39 Å². The van der Waals surface area contributed by atoms with Crippen molar-refractivity contribution in [2.45, 2.75) is 19.1 Å². The third kappa shape index (κ3) is 4.78. The lowest BCUT2D eigenvalue weighted by Crippen LogP contribution is -2.45. The average molecular weight is 419 g/mol. The smallest absolute Gasteiger partial charge is 0.269 e. The zero-order valence-corrected chi connectivity index (χ0v) is 16.7. The van der Waals surface area contributed by atoms with E-state index in [1.165, 1.54) is 25.3 Å². The fourth-order valence-corrected chi connectivity index (χ4v) is 3.40. The number of hydrogen-bond acceptors (Lipinski definition) is 5. The van der Waals surface area contributed by atoms with Gasteiger partial charge in [-0.05, 0) is 36.8 Å². The number of amides is 2. The van der Waals surface area contributed by atoms with Gasteiger partial charge in [0.25, 0.3) is 5.91 Å². The standard InChI is InChI=1S/C20H20ClFN4O3/c1-4-19(27)26-9-11(2)29-16(10-26)13-6-14(24-17(21)7-13)12-5-15(20(28)23-3)25-18(22)8-12/h4-8,11,16H,1,9-10H2,2-3H3,(H,23,28)/t11-,16+/m0/s1. The van der Waals surface area contributed by atoms with Gasteiger partial charge in [-0.1, -0.05) is 18.2 Å². The molecule has 0 saturated carbocycles. The highest BCUT2D eigenvalue weighted by atomic mass is 35.5. The molecule has 7 nitrogen and oxygen atoms in total. The zero-order chi connectivity index (χ0) is 21.1. The molecule has 0 aromatic carbocycles. The van der Waals surface area contributed by atoms with E-state index >= 15 is 0 Å². The van der Waals surface area contributed by atoms with E-state index in [1.807, 2.05) is 6.92 Å². The Bertz CT molecular complexity index is 969. The first-order valence-electron chi connectivity index (χ1n) is 8.95. The highest BCUT2D eigenvalue weighted by molar-refractivity contribution is 6.29. The van der Waals surface area contributed by atoms with Crippen molar-refractivity contribution >= 4 is 23.4 Å². The molecule has 29 heavy (non-hydrogen) atoms. The first-order valence-corrected chi connectivity index (χ1v) is 9.32. The second kappa shape index (κ2) is 8.67. The summed E-state index contributed by atoms with van der Waals surface area (Å²) >= 11 is 6.20. The number of hydrogen-bond donors (Lipinski definition) is 1. The molecule has 1 N–H and O–H groups in total. The fraction of sp³-hybridized carbons (Fsp3) is 0.300. The van der Waals surface area contributed by atoms with Gasteiger partial charge in [-0.15, -0.1) is 0 Å². The number of ether oxygens (including phenoxy) is 1. The number of carbonyl (C=O) groups is 2. The van der Waals surface area contributed by atoms with Crippen LogP contribution in [0, 0.1) is 5.95 Å². The first kappa shape index (κ1) is 20.9. The molecule has 2 amide bonds. The van der Waals surface area contributed by atoms with E-state index in [0.717, 1.165) is 0 Å². The molecule has 0 radical (unpaired) electrons. The van der Waals surface area contributed by atoms with Crippen molar-refractivity contribution in [2.75, 3.05) is 20.1 Å². The van der Waals surface area contributed by atoms with Crippen LogP contribution in [0.2, 0.25) is 5.15 Å². The van der Waals surface area contributed by atoms with Crippen LogP contribution in [0.1, 0.15) is 29.1 Å². The van der Waals surface area contributed by atoms with Crippen molar-refractivity contribution in [3.05, 3.63) is 59.3 Å². The van der Waals surface area contributed by atoms with Crippen LogP contribution in [0.5, 0.6) is 0 Å².